The number of hydrogen-bond acceptors (Lipinski definition) is 16. The summed E-state index contributed by atoms with van der Waals surface area (Å²) in [5.41, 5.74) is 10.7. The molecule has 4 atom stereocenters. The summed E-state index contributed by atoms with van der Waals surface area (Å²) in [6.07, 6.45) is 59.3. The Labute approximate surface area is 729 Å². The second-order valence-corrected chi connectivity index (χ2v) is 37.4. The summed E-state index contributed by atoms with van der Waals surface area (Å²) < 4.78 is 29.5. The highest BCUT2D eigenvalue weighted by Gasteiger charge is 2.42. The van der Waals surface area contributed by atoms with Crippen LogP contribution in [0.25, 0.3) is 0 Å². The van der Waals surface area contributed by atoms with E-state index in [1.54, 1.807) is 0 Å². The van der Waals surface area contributed by atoms with E-state index >= 15 is 0 Å². The SMILES string of the molecule is CCCCCCCCCCCC1c2cc(c3c(c2O)CN(CCCCCCO)CO3)C(CCCCCCCCCCC)c2cc(c3c(c2O)CN(CCCCCCO)CO3)C(CCCCCCCCCCC)c2cc(c3c(c2O)OCN(CCCCCCO)C3)C(CCCCCCCCCCC)c2cc1c(O)c1c2OCN(CCCCCCO)C1. The number of nitrogens with zero attached hydrogens (tertiary/aromatic N) is 4. The topological polar surface area (TPSA) is 212 Å². The summed E-state index contributed by atoms with van der Waals surface area (Å²) in [5.74, 6) is 1.96. The number of rotatable bonds is 64. The molecule has 0 spiro atoms. The minimum absolute atomic E-state index is 0.177. The van der Waals surface area contributed by atoms with Crippen molar-refractivity contribution in [2.45, 2.75) is 437 Å². The zero-order valence-electron chi connectivity index (χ0n) is 76.5. The lowest BCUT2D eigenvalue weighted by atomic mass is 9.74. The molecular formula is C104H172N4O12. The second-order valence-electron chi connectivity index (χ2n) is 37.4. The highest BCUT2D eigenvalue weighted by atomic mass is 16.5. The van der Waals surface area contributed by atoms with Crippen molar-refractivity contribution in [3.63, 3.8) is 0 Å². The number of aromatic hydroxyl groups is 4. The molecule has 4 unspecified atom stereocenters. The molecule has 120 heavy (non-hydrogen) atoms. The fourth-order valence-corrected chi connectivity index (χ4v) is 20.4. The van der Waals surface area contributed by atoms with Gasteiger partial charge < -0.3 is 59.8 Å². The molecule has 5 aliphatic rings. The summed E-state index contributed by atoms with van der Waals surface area (Å²) in [7, 11) is 0. The minimum atomic E-state index is -0.485. The van der Waals surface area contributed by atoms with Crippen molar-refractivity contribution in [2.24, 2.45) is 0 Å². The normalized spacial score (nSPS) is 17.5. The first-order valence-corrected chi connectivity index (χ1v) is 50.4. The number of benzene rings is 4. The van der Waals surface area contributed by atoms with E-state index < -0.39 is 17.8 Å². The van der Waals surface area contributed by atoms with Gasteiger partial charge in [0.1, 0.15) is 61.4 Å². The third-order valence-electron chi connectivity index (χ3n) is 27.7. The Bertz CT molecular complexity index is 3470. The molecule has 8 N–H and O–H groups in total. The van der Waals surface area contributed by atoms with Crippen molar-refractivity contribution in [3.05, 3.63) is 91.0 Å². The molecule has 16 heteroatoms. The van der Waals surface area contributed by atoms with Gasteiger partial charge in [-0.05, 0) is 101 Å². The third-order valence-corrected chi connectivity index (χ3v) is 27.7. The van der Waals surface area contributed by atoms with Gasteiger partial charge in [-0.2, -0.15) is 0 Å². The first-order valence-electron chi connectivity index (χ1n) is 50.4. The lowest BCUT2D eigenvalue weighted by molar-refractivity contribution is 0.0879. The van der Waals surface area contributed by atoms with E-state index in [2.05, 4.69) is 71.6 Å². The van der Waals surface area contributed by atoms with Gasteiger partial charge in [0.05, 0.1) is 16.7 Å². The molecule has 0 amide bonds. The number of hydrogen-bond donors (Lipinski definition) is 8. The summed E-state index contributed by atoms with van der Waals surface area (Å²) in [4.78, 5) is 9.47. The summed E-state index contributed by atoms with van der Waals surface area (Å²) >= 11 is 0. The predicted octanol–water partition coefficient (Wildman–Crippen LogP) is 25.9. The number of aliphatic hydroxyl groups is 4. The van der Waals surface area contributed by atoms with E-state index in [0.717, 1.165) is 291 Å². The Balaban J connectivity index is 1.37. The minimum Gasteiger partial charge on any atom is -0.507 e. The van der Waals surface area contributed by atoms with E-state index in [-0.39, 0.29) is 55.3 Å². The Morgan fingerprint density at radius 3 is 0.692 bits per heavy atom. The Hall–Kier alpha value is -5.04. The monoisotopic (exact) mass is 1670 g/mol. The first kappa shape index (κ1) is 98.7. The lowest BCUT2D eigenvalue weighted by Gasteiger charge is -2.38. The van der Waals surface area contributed by atoms with Crippen LogP contribution in [-0.4, -0.2) is 140 Å². The van der Waals surface area contributed by atoms with E-state index in [4.69, 9.17) is 18.9 Å². The van der Waals surface area contributed by atoms with Gasteiger partial charge in [0.2, 0.25) is 0 Å². The van der Waals surface area contributed by atoms with Gasteiger partial charge in [-0.3, -0.25) is 19.6 Å². The number of fused-ring (bicyclic) bond motifs is 16. The van der Waals surface area contributed by atoms with Gasteiger partial charge in [-0.15, -0.1) is 0 Å². The van der Waals surface area contributed by atoms with E-state index in [9.17, 15) is 40.9 Å². The average Bonchev–Trinajstić information content (AvgIpc) is 0.726. The van der Waals surface area contributed by atoms with Gasteiger partial charge in [-0.1, -0.05) is 316 Å². The molecule has 0 radical (unpaired) electrons. The van der Waals surface area contributed by atoms with E-state index in [0.29, 0.717) is 83.2 Å². The fraction of sp³-hybridized carbons (Fsp3) is 0.769. The molecule has 4 aromatic carbocycles. The van der Waals surface area contributed by atoms with Crippen molar-refractivity contribution in [2.75, 3.05) is 79.5 Å². The van der Waals surface area contributed by atoms with Crippen molar-refractivity contribution in [1.29, 1.82) is 0 Å². The van der Waals surface area contributed by atoms with Gasteiger partial charge in [0, 0.05) is 147 Å². The van der Waals surface area contributed by atoms with E-state index in [1.807, 2.05) is 0 Å². The van der Waals surface area contributed by atoms with Gasteiger partial charge >= 0.3 is 0 Å². The largest absolute Gasteiger partial charge is 0.507 e. The smallest absolute Gasteiger partial charge is 0.168 e. The summed E-state index contributed by atoms with van der Waals surface area (Å²) in [5, 5.41) is 96.0. The third kappa shape index (κ3) is 30.6. The van der Waals surface area contributed by atoms with Crippen LogP contribution in [0.3, 0.4) is 0 Å². The van der Waals surface area contributed by atoms with Gasteiger partial charge in [-0.25, -0.2) is 0 Å². The molecule has 8 bridgehead atoms. The highest BCUT2D eigenvalue weighted by molar-refractivity contribution is 5.69. The number of phenolic OH excluding ortho intramolecular Hbond substituents is 4. The van der Waals surface area contributed by atoms with Crippen LogP contribution in [0.4, 0.5) is 0 Å². The standard InChI is InChI=1S/C104H172N4O12/c1-5-9-13-17-21-25-29-33-45-57-81-85-69-89(100(116)104-93(85)73-105(80-120-104)61-49-37-41-53-65-109)84(60-48-36-32-28-24-20-16-12-8-4)92-72-88(99(115)96-76-108(79-119-103(92)96)64-52-40-44-56-68-112)83(59-47-35-31-27-23-19-15-11-7-3)91-71-87(98(114)95-75-107(78-118-102(91)95)63-51-39-43-55-67-111)82(58-46-34-30-26-22-18-14-10-6-2)86-70-90(81)101-94(97(86)113)74-106(77-117-101)62-50-38-42-54-66-110/h69-72,81-84,109-116H,5-68,73-80H2,1-4H3. The van der Waals surface area contributed by atoms with Crippen LogP contribution in [0.5, 0.6) is 46.0 Å². The lowest BCUT2D eigenvalue weighted by Crippen LogP contribution is -2.35. The quantitative estimate of drug-likeness (QED) is 0.0193. The Morgan fingerprint density at radius 1 is 0.225 bits per heavy atom. The maximum atomic E-state index is 14.2. The molecule has 0 saturated carbocycles. The zero-order chi connectivity index (χ0) is 84.7. The van der Waals surface area contributed by atoms with Crippen LogP contribution in [-0.2, 0) is 26.2 Å². The molecule has 0 saturated heterocycles. The van der Waals surface area contributed by atoms with E-state index in [1.165, 1.54) is 154 Å². The molecule has 0 fully saturated rings. The molecule has 4 aliphatic heterocycles. The molecule has 1 aliphatic carbocycles. The zero-order valence-corrected chi connectivity index (χ0v) is 76.5. The van der Waals surface area contributed by atoms with Crippen molar-refractivity contribution in [1.82, 2.24) is 19.6 Å². The Morgan fingerprint density at radius 2 is 0.425 bits per heavy atom. The highest BCUT2D eigenvalue weighted by Crippen LogP contribution is 2.58. The number of unbranched alkanes of at least 4 members (excludes halogenated alkanes) is 44. The van der Waals surface area contributed by atoms with Crippen LogP contribution in [0.15, 0.2) is 24.3 Å². The molecule has 0 aromatic heterocycles. The first-order chi connectivity index (χ1) is 59.0. The molecular weight excluding hydrogens is 1500 g/mol. The van der Waals surface area contributed by atoms with Crippen molar-refractivity contribution in [3.8, 4) is 46.0 Å². The maximum Gasteiger partial charge on any atom is 0.168 e. The summed E-state index contributed by atoms with van der Waals surface area (Å²) in [6.45, 7) is 16.3. The van der Waals surface area contributed by atoms with Crippen LogP contribution >= 0.6 is 0 Å². The molecule has 4 heterocycles. The van der Waals surface area contributed by atoms with Crippen molar-refractivity contribution < 1.29 is 59.8 Å². The number of ether oxygens (including phenoxy) is 4. The van der Waals surface area contributed by atoms with Crippen LogP contribution in [0, 0.1) is 0 Å². The number of phenols is 4. The fourth-order valence-electron chi connectivity index (χ4n) is 20.4. The van der Waals surface area contributed by atoms with Gasteiger partial charge in [0.15, 0.2) is 11.5 Å². The molecule has 4 aromatic rings. The van der Waals surface area contributed by atoms with Crippen LogP contribution in [0.1, 0.15) is 478 Å². The molecule has 680 valence electrons. The number of aliphatic hydroxyl groups excluding tert-OH is 4. The predicted molar refractivity (Wildman–Crippen MR) is 493 cm³/mol. The summed E-state index contributed by atoms with van der Waals surface area (Å²) in [6, 6.07) is 9.41. The average molecular weight is 1670 g/mol. The Kier molecular flexibility index (Phi) is 47.4. The van der Waals surface area contributed by atoms with Crippen LogP contribution < -0.4 is 18.9 Å². The second kappa shape index (κ2) is 57.5. The molecule has 9 rings (SSSR count). The van der Waals surface area contributed by atoms with Crippen molar-refractivity contribution >= 4 is 0 Å². The molecule has 16 nitrogen and oxygen atoms in total. The van der Waals surface area contributed by atoms with Crippen LogP contribution in [0.2, 0.25) is 0 Å². The maximum absolute atomic E-state index is 14.2. The van der Waals surface area contributed by atoms with Gasteiger partial charge in [0.25, 0.3) is 0 Å².